The summed E-state index contributed by atoms with van der Waals surface area (Å²) >= 11 is 0. The Balaban J connectivity index is 1.20. The molecule has 0 aliphatic heterocycles. The largest absolute Gasteiger partial charge is 0.454 e. The molecule has 5 heteroatoms. The Labute approximate surface area is 403 Å². The second-order valence-corrected chi connectivity index (χ2v) is 19.7. The Bertz CT molecular complexity index is 3700. The van der Waals surface area contributed by atoms with E-state index in [1.54, 1.807) is 0 Å². The van der Waals surface area contributed by atoms with Crippen LogP contribution in [0.1, 0.15) is 85.0 Å². The van der Waals surface area contributed by atoms with Crippen molar-refractivity contribution in [2.24, 2.45) is 0 Å². The number of fused-ring (bicyclic) bond motifs is 14. The van der Waals surface area contributed by atoms with Crippen molar-refractivity contribution in [2.75, 3.05) is 9.80 Å². The summed E-state index contributed by atoms with van der Waals surface area (Å²) in [6.07, 6.45) is 0. The highest BCUT2D eigenvalue weighted by Crippen LogP contribution is 2.66. The van der Waals surface area contributed by atoms with Crippen molar-refractivity contribution in [3.63, 3.8) is 0 Å². The first-order valence-corrected chi connectivity index (χ1v) is 23.7. The van der Waals surface area contributed by atoms with E-state index in [-0.39, 0.29) is 5.41 Å². The maximum Gasteiger partial charge on any atom is 0.160 e. The molecule has 0 fully saturated rings. The summed E-state index contributed by atoms with van der Waals surface area (Å²) in [5.74, 6) is 0.389. The molecule has 0 bridgehead atoms. The van der Waals surface area contributed by atoms with Gasteiger partial charge in [0.15, 0.2) is 5.58 Å². The van der Waals surface area contributed by atoms with Crippen molar-refractivity contribution in [3.8, 4) is 34.4 Å². The first-order chi connectivity index (χ1) is 33.6. The molecule has 330 valence electrons. The van der Waals surface area contributed by atoms with E-state index in [1.165, 1.54) is 44.5 Å². The minimum Gasteiger partial charge on any atom is -0.454 e. The molecule has 0 saturated carbocycles. The summed E-state index contributed by atoms with van der Waals surface area (Å²) in [6.45, 7) is 11.2. The Hall–Kier alpha value is -8.64. The van der Waals surface area contributed by atoms with E-state index in [0.717, 1.165) is 67.2 Å². The lowest BCUT2D eigenvalue weighted by Gasteiger charge is -2.33. The molecule has 69 heavy (non-hydrogen) atoms. The molecule has 5 nitrogen and oxygen atoms in total. The van der Waals surface area contributed by atoms with E-state index in [2.05, 4.69) is 196 Å². The van der Waals surface area contributed by atoms with Crippen LogP contribution in [0.15, 0.2) is 199 Å². The molecule has 2 aliphatic rings. The zero-order valence-electron chi connectivity index (χ0n) is 39.2. The molecule has 0 atom stereocenters. The Morgan fingerprint density at radius 2 is 1.00 bits per heavy atom. The van der Waals surface area contributed by atoms with Gasteiger partial charge in [0.2, 0.25) is 0 Å². The van der Waals surface area contributed by atoms with Crippen LogP contribution < -0.4 is 9.80 Å². The molecule has 0 saturated heterocycles. The Kier molecular flexibility index (Phi) is 9.52. The third-order valence-electron chi connectivity index (χ3n) is 14.5. The first kappa shape index (κ1) is 41.8. The molecule has 0 unspecified atom stereocenters. The lowest BCUT2D eigenvalue weighted by atomic mass is 9.70. The maximum absolute atomic E-state index is 9.94. The number of anilines is 6. The van der Waals surface area contributed by atoms with Gasteiger partial charge in [0, 0.05) is 39.2 Å². The predicted molar refractivity (Wildman–Crippen MR) is 282 cm³/mol. The van der Waals surface area contributed by atoms with Crippen LogP contribution in [0.3, 0.4) is 0 Å². The lowest BCUT2D eigenvalue weighted by molar-refractivity contribution is 0.590. The van der Waals surface area contributed by atoms with E-state index in [0.29, 0.717) is 17.0 Å². The number of para-hydroxylation sites is 1. The monoisotopic (exact) mass is 888 g/mol. The third-order valence-corrected chi connectivity index (χ3v) is 14.5. The van der Waals surface area contributed by atoms with E-state index in [9.17, 15) is 10.5 Å². The number of rotatable bonds is 7. The summed E-state index contributed by atoms with van der Waals surface area (Å²) in [7, 11) is 0. The van der Waals surface area contributed by atoms with E-state index >= 15 is 0 Å². The second kappa shape index (κ2) is 15.7. The maximum atomic E-state index is 9.94. The van der Waals surface area contributed by atoms with Gasteiger partial charge < -0.3 is 14.2 Å². The molecule has 9 aromatic carbocycles. The fourth-order valence-electron chi connectivity index (χ4n) is 11.1. The molecule has 1 aromatic heterocycles. The number of benzene rings is 9. The predicted octanol–water partition coefficient (Wildman–Crippen LogP) is 17.0. The van der Waals surface area contributed by atoms with Crippen molar-refractivity contribution < 1.29 is 4.42 Å². The fourth-order valence-corrected chi connectivity index (χ4v) is 11.1. The number of nitriles is 2. The van der Waals surface area contributed by atoms with Gasteiger partial charge in [-0.1, -0.05) is 132 Å². The van der Waals surface area contributed by atoms with Gasteiger partial charge in [0.05, 0.1) is 34.4 Å². The van der Waals surface area contributed by atoms with Crippen LogP contribution in [0.5, 0.6) is 0 Å². The van der Waals surface area contributed by atoms with E-state index < -0.39 is 5.41 Å². The number of nitrogens with zero attached hydrogens (tertiary/aromatic N) is 4. The third kappa shape index (κ3) is 6.35. The molecule has 1 spiro atoms. The van der Waals surface area contributed by atoms with Crippen molar-refractivity contribution in [1.29, 1.82) is 10.5 Å². The van der Waals surface area contributed by atoms with Crippen LogP contribution in [-0.4, -0.2) is 0 Å². The van der Waals surface area contributed by atoms with Gasteiger partial charge in [0.1, 0.15) is 5.58 Å². The van der Waals surface area contributed by atoms with Crippen LogP contribution in [0.25, 0.3) is 44.2 Å². The number of hydrogen-bond acceptors (Lipinski definition) is 5. The quantitative estimate of drug-likeness (QED) is 0.159. The van der Waals surface area contributed by atoms with Gasteiger partial charge in [-0.15, -0.1) is 0 Å². The standard InChI is InChI=1S/C64H48N4O/c1-40(2)43-22-30-46(31-23-43)67(45-26-18-41(38-65)19-27-45)49-34-35-52-56(36-49)64(54-15-9-6-12-50(54)51-13-7-10-16-55(51)64)57-37-58(62-61(60(52)57)53-14-8-11-17-59(53)69-62)68(47-28-20-42(39-66)21-29-47)48-32-24-44(25-33-48)63(3,4)5/h6-37,40H,1-5H3. The highest BCUT2D eigenvalue weighted by Gasteiger charge is 2.53. The summed E-state index contributed by atoms with van der Waals surface area (Å²) < 4.78 is 7.16. The van der Waals surface area contributed by atoms with E-state index in [4.69, 9.17) is 4.42 Å². The first-order valence-electron chi connectivity index (χ1n) is 23.7. The second-order valence-electron chi connectivity index (χ2n) is 19.7. The molecule has 12 rings (SSSR count). The zero-order valence-corrected chi connectivity index (χ0v) is 39.2. The van der Waals surface area contributed by atoms with Crippen LogP contribution in [-0.2, 0) is 10.8 Å². The van der Waals surface area contributed by atoms with Crippen LogP contribution in [0.4, 0.5) is 34.1 Å². The molecular weight excluding hydrogens is 841 g/mol. The fraction of sp³-hybridized carbons (Fsp3) is 0.125. The molecule has 10 aromatic rings. The van der Waals surface area contributed by atoms with Crippen LogP contribution in [0.2, 0.25) is 0 Å². The molecule has 1 heterocycles. The molecule has 0 radical (unpaired) electrons. The van der Waals surface area contributed by atoms with Crippen molar-refractivity contribution in [3.05, 3.63) is 239 Å². The van der Waals surface area contributed by atoms with Crippen molar-refractivity contribution in [2.45, 2.75) is 51.4 Å². The zero-order chi connectivity index (χ0) is 47.2. The minimum atomic E-state index is -0.737. The summed E-state index contributed by atoms with van der Waals surface area (Å²) in [4.78, 5) is 4.62. The van der Waals surface area contributed by atoms with Gasteiger partial charge >= 0.3 is 0 Å². The minimum absolute atomic E-state index is 0.0369. The van der Waals surface area contributed by atoms with Crippen LogP contribution >= 0.6 is 0 Å². The average molecular weight is 889 g/mol. The van der Waals surface area contributed by atoms with Gasteiger partial charge in [0.25, 0.3) is 0 Å². The summed E-state index contributed by atoms with van der Waals surface area (Å²) in [5, 5.41) is 21.9. The molecule has 0 amide bonds. The van der Waals surface area contributed by atoms with Gasteiger partial charge in [-0.25, -0.2) is 0 Å². The van der Waals surface area contributed by atoms with Crippen molar-refractivity contribution >= 4 is 56.1 Å². The SMILES string of the molecule is CC(C)c1ccc(N(c2ccc(C#N)cc2)c2ccc3c(c2)C2(c4ccccc4-c4ccccc42)c2cc(N(c4ccc(C#N)cc4)c4ccc(C(C)(C)C)cc4)c4oc5ccccc5c4c2-3)cc1. The van der Waals surface area contributed by atoms with Crippen LogP contribution in [0, 0.1) is 22.7 Å². The number of hydrogen-bond donors (Lipinski definition) is 0. The molecular formula is C64H48N4O. The molecule has 0 N–H and O–H groups in total. The normalized spacial score (nSPS) is 12.9. The van der Waals surface area contributed by atoms with Crippen molar-refractivity contribution in [1.82, 2.24) is 0 Å². The topological polar surface area (TPSA) is 67.2 Å². The van der Waals surface area contributed by atoms with Gasteiger partial charge in [-0.05, 0) is 164 Å². The average Bonchev–Trinajstić information content (AvgIpc) is 4.01. The van der Waals surface area contributed by atoms with Gasteiger partial charge in [-0.2, -0.15) is 10.5 Å². The summed E-state index contributed by atoms with van der Waals surface area (Å²) in [5.41, 5.74) is 19.9. The Morgan fingerprint density at radius 3 is 1.57 bits per heavy atom. The lowest BCUT2D eigenvalue weighted by Crippen LogP contribution is -2.26. The molecule has 2 aliphatic carbocycles. The smallest absolute Gasteiger partial charge is 0.160 e. The summed E-state index contributed by atoms with van der Waals surface area (Å²) in [6, 6.07) is 73.9. The van der Waals surface area contributed by atoms with E-state index in [1.807, 2.05) is 54.6 Å². The highest BCUT2D eigenvalue weighted by atomic mass is 16.3. The Morgan fingerprint density at radius 1 is 0.493 bits per heavy atom. The van der Waals surface area contributed by atoms with Gasteiger partial charge in [-0.3, -0.25) is 0 Å². The highest BCUT2D eigenvalue weighted by molar-refractivity contribution is 6.20. The number of furan rings is 1.